The van der Waals surface area contributed by atoms with Gasteiger partial charge in [0, 0.05) is 11.3 Å². The van der Waals surface area contributed by atoms with Crippen molar-refractivity contribution in [2.45, 2.75) is 26.1 Å². The van der Waals surface area contributed by atoms with Crippen LogP contribution < -0.4 is 11.1 Å². The first-order valence-electron chi connectivity index (χ1n) is 6.91. The first-order chi connectivity index (χ1) is 10.7. The van der Waals surface area contributed by atoms with Gasteiger partial charge in [-0.3, -0.25) is 10.1 Å². The van der Waals surface area contributed by atoms with Crippen LogP contribution in [-0.4, -0.2) is 28.4 Å². The van der Waals surface area contributed by atoms with Gasteiger partial charge < -0.3 is 5.73 Å². The molecule has 2 rings (SSSR count). The van der Waals surface area contributed by atoms with Gasteiger partial charge in [-0.1, -0.05) is 18.2 Å². The van der Waals surface area contributed by atoms with Gasteiger partial charge in [0.15, 0.2) is 0 Å². The fourth-order valence-electron chi connectivity index (χ4n) is 2.48. The maximum atomic E-state index is 13.4. The predicted molar refractivity (Wildman–Crippen MR) is 79.0 cm³/mol. The molecule has 0 spiro atoms. The maximum absolute atomic E-state index is 13.4. The third-order valence-electron chi connectivity index (χ3n) is 3.44. The Morgan fingerprint density at radius 2 is 1.91 bits per heavy atom. The van der Waals surface area contributed by atoms with Gasteiger partial charge in [0.1, 0.15) is 6.04 Å². The van der Waals surface area contributed by atoms with Crippen LogP contribution in [-0.2, 0) is 4.79 Å². The number of hydrogen-bond acceptors (Lipinski definition) is 3. The number of benzene rings is 1. The Labute approximate surface area is 131 Å². The molecule has 1 amide bonds. The van der Waals surface area contributed by atoms with Gasteiger partial charge in [-0.05, 0) is 26.0 Å². The van der Waals surface area contributed by atoms with Crippen LogP contribution in [0.1, 0.15) is 23.0 Å². The zero-order chi connectivity index (χ0) is 17.2. The summed E-state index contributed by atoms with van der Waals surface area (Å²) in [6.07, 6.45) is -4.57. The van der Waals surface area contributed by atoms with Crippen molar-refractivity contribution in [3.63, 3.8) is 0 Å². The van der Waals surface area contributed by atoms with Crippen molar-refractivity contribution in [1.29, 1.82) is 0 Å². The van der Waals surface area contributed by atoms with Crippen LogP contribution in [0, 0.1) is 13.8 Å². The van der Waals surface area contributed by atoms with Gasteiger partial charge in [0.2, 0.25) is 5.91 Å². The number of carbonyl (C=O) groups is 1. The summed E-state index contributed by atoms with van der Waals surface area (Å²) in [5.41, 5.74) is 6.21. The summed E-state index contributed by atoms with van der Waals surface area (Å²) in [5, 5.41) is 6.37. The highest BCUT2D eigenvalue weighted by molar-refractivity contribution is 5.76. The van der Waals surface area contributed by atoms with Crippen LogP contribution in [0.15, 0.2) is 30.3 Å². The zero-order valence-electron chi connectivity index (χ0n) is 12.7. The molecule has 0 aliphatic carbocycles. The summed E-state index contributed by atoms with van der Waals surface area (Å²) >= 11 is 0. The number of alkyl halides is 3. The lowest BCUT2D eigenvalue weighted by Crippen LogP contribution is -2.39. The summed E-state index contributed by atoms with van der Waals surface area (Å²) in [6, 6.07) is 6.86. The number of amides is 1. The third-order valence-corrected chi connectivity index (χ3v) is 3.44. The second kappa shape index (κ2) is 6.41. The Balaban J connectivity index is 2.48. The van der Waals surface area contributed by atoms with E-state index in [4.69, 9.17) is 5.73 Å². The number of aryl methyl sites for hydroxylation is 1. The standard InChI is InChI=1S/C15H17F3N4O/c1-9-13(14(15(16,17)18)20-8-12(19)23)10(2)22(21-9)11-6-4-3-5-7-11/h3-7,14,20H,8H2,1-2H3,(H2,19,23)/t14-/m1/s1. The van der Waals surface area contributed by atoms with Crippen molar-refractivity contribution in [2.24, 2.45) is 5.73 Å². The summed E-state index contributed by atoms with van der Waals surface area (Å²) in [4.78, 5) is 10.8. The molecular formula is C15H17F3N4O. The summed E-state index contributed by atoms with van der Waals surface area (Å²) in [5.74, 6) is -0.856. The molecule has 0 unspecified atom stereocenters. The molecule has 2 aromatic rings. The lowest BCUT2D eigenvalue weighted by atomic mass is 10.0. The number of para-hydroxylation sites is 1. The number of rotatable bonds is 5. The van der Waals surface area contributed by atoms with Crippen LogP contribution in [0.25, 0.3) is 5.69 Å². The zero-order valence-corrected chi connectivity index (χ0v) is 12.7. The Kier molecular flexibility index (Phi) is 4.74. The topological polar surface area (TPSA) is 72.9 Å². The highest BCUT2D eigenvalue weighted by Crippen LogP contribution is 2.36. The Bertz CT molecular complexity index is 695. The number of nitrogens with zero attached hydrogens (tertiary/aromatic N) is 2. The molecule has 3 N–H and O–H groups in total. The summed E-state index contributed by atoms with van der Waals surface area (Å²) in [7, 11) is 0. The third kappa shape index (κ3) is 3.70. The first kappa shape index (κ1) is 17.0. The molecule has 124 valence electrons. The van der Waals surface area contributed by atoms with Crippen LogP contribution >= 0.6 is 0 Å². The van der Waals surface area contributed by atoms with Gasteiger partial charge >= 0.3 is 6.18 Å². The number of halogens is 3. The molecule has 1 atom stereocenters. The molecule has 0 radical (unpaired) electrons. The van der Waals surface area contributed by atoms with Crippen molar-refractivity contribution >= 4 is 5.91 Å². The molecule has 1 heterocycles. The van der Waals surface area contributed by atoms with E-state index >= 15 is 0 Å². The van der Waals surface area contributed by atoms with Crippen LogP contribution in [0.5, 0.6) is 0 Å². The van der Waals surface area contributed by atoms with Gasteiger partial charge in [0.25, 0.3) is 0 Å². The van der Waals surface area contributed by atoms with Crippen LogP contribution in [0.4, 0.5) is 13.2 Å². The Morgan fingerprint density at radius 1 is 1.30 bits per heavy atom. The largest absolute Gasteiger partial charge is 0.408 e. The van der Waals surface area contributed by atoms with Crippen molar-refractivity contribution < 1.29 is 18.0 Å². The minimum Gasteiger partial charge on any atom is -0.369 e. The lowest BCUT2D eigenvalue weighted by molar-refractivity contribution is -0.158. The smallest absolute Gasteiger partial charge is 0.369 e. The normalized spacial score (nSPS) is 13.1. The second-order valence-corrected chi connectivity index (χ2v) is 5.15. The number of nitrogens with one attached hydrogen (secondary N) is 1. The molecule has 5 nitrogen and oxygen atoms in total. The van der Waals surface area contributed by atoms with Gasteiger partial charge in [-0.15, -0.1) is 0 Å². The van der Waals surface area contributed by atoms with E-state index < -0.39 is 24.7 Å². The number of primary amides is 1. The number of carbonyl (C=O) groups excluding carboxylic acids is 1. The van der Waals surface area contributed by atoms with E-state index in [1.165, 1.54) is 11.6 Å². The van der Waals surface area contributed by atoms with Crippen molar-refractivity contribution in [1.82, 2.24) is 15.1 Å². The van der Waals surface area contributed by atoms with Crippen molar-refractivity contribution in [2.75, 3.05) is 6.54 Å². The molecule has 0 bridgehead atoms. The van der Waals surface area contributed by atoms with Gasteiger partial charge in [0.05, 0.1) is 17.9 Å². The number of nitrogens with two attached hydrogens (primary N) is 1. The van der Waals surface area contributed by atoms with E-state index in [0.717, 1.165) is 0 Å². The van der Waals surface area contributed by atoms with Crippen molar-refractivity contribution in [3.05, 3.63) is 47.3 Å². The minimum atomic E-state index is -4.57. The summed E-state index contributed by atoms with van der Waals surface area (Å²) < 4.78 is 41.6. The molecular weight excluding hydrogens is 309 g/mol. The maximum Gasteiger partial charge on any atom is 0.408 e. The Morgan fingerprint density at radius 3 is 2.43 bits per heavy atom. The molecule has 0 aliphatic rings. The fraction of sp³-hybridized carbons (Fsp3) is 0.333. The average molecular weight is 326 g/mol. The van der Waals surface area contributed by atoms with Gasteiger partial charge in [-0.2, -0.15) is 18.3 Å². The molecule has 0 saturated heterocycles. The minimum absolute atomic E-state index is 0.00241. The summed E-state index contributed by atoms with van der Waals surface area (Å²) in [6.45, 7) is 2.50. The fourth-order valence-corrected chi connectivity index (χ4v) is 2.48. The van der Waals surface area contributed by atoms with Crippen molar-refractivity contribution in [3.8, 4) is 5.69 Å². The molecule has 23 heavy (non-hydrogen) atoms. The first-order valence-corrected chi connectivity index (χ1v) is 6.91. The number of aromatic nitrogens is 2. The quantitative estimate of drug-likeness (QED) is 0.884. The second-order valence-electron chi connectivity index (χ2n) is 5.15. The molecule has 0 saturated carbocycles. The van der Waals surface area contributed by atoms with E-state index in [-0.39, 0.29) is 11.3 Å². The molecule has 1 aromatic heterocycles. The SMILES string of the molecule is Cc1nn(-c2ccccc2)c(C)c1[C@@H](NCC(N)=O)C(F)(F)F. The van der Waals surface area contributed by atoms with Crippen LogP contribution in [0.2, 0.25) is 0 Å². The van der Waals surface area contributed by atoms with E-state index in [1.807, 2.05) is 6.07 Å². The van der Waals surface area contributed by atoms with E-state index in [1.54, 1.807) is 31.2 Å². The van der Waals surface area contributed by atoms with E-state index in [2.05, 4.69) is 10.4 Å². The average Bonchev–Trinajstić information content (AvgIpc) is 2.75. The van der Waals surface area contributed by atoms with Crippen LogP contribution in [0.3, 0.4) is 0 Å². The lowest BCUT2D eigenvalue weighted by Gasteiger charge is -2.22. The van der Waals surface area contributed by atoms with E-state index in [0.29, 0.717) is 11.4 Å². The molecule has 8 heteroatoms. The number of hydrogen-bond donors (Lipinski definition) is 2. The highest BCUT2D eigenvalue weighted by atomic mass is 19.4. The van der Waals surface area contributed by atoms with Gasteiger partial charge in [-0.25, -0.2) is 4.68 Å². The highest BCUT2D eigenvalue weighted by Gasteiger charge is 2.43. The monoisotopic (exact) mass is 326 g/mol. The molecule has 1 aromatic carbocycles. The molecule has 0 fully saturated rings. The van der Waals surface area contributed by atoms with E-state index in [9.17, 15) is 18.0 Å². The molecule has 0 aliphatic heterocycles. The Hall–Kier alpha value is -2.35. The predicted octanol–water partition coefficient (Wildman–Crippen LogP) is 2.17.